The second kappa shape index (κ2) is 9.00. The molecule has 0 spiro atoms. The summed E-state index contributed by atoms with van der Waals surface area (Å²) < 4.78 is 66.0. The van der Waals surface area contributed by atoms with Crippen LogP contribution >= 0.6 is 0 Å². The van der Waals surface area contributed by atoms with E-state index in [0.717, 1.165) is 18.2 Å². The summed E-state index contributed by atoms with van der Waals surface area (Å²) >= 11 is 0. The van der Waals surface area contributed by atoms with Crippen molar-refractivity contribution in [2.45, 2.75) is 11.1 Å². The highest BCUT2D eigenvalue weighted by Gasteiger charge is 2.32. The largest absolute Gasteiger partial charge is 0.416 e. The predicted octanol–water partition coefficient (Wildman–Crippen LogP) is 4.55. The molecule has 0 bridgehead atoms. The maximum absolute atomic E-state index is 13.0. The van der Waals surface area contributed by atoms with Crippen LogP contribution in [0.15, 0.2) is 83.9 Å². The topological polar surface area (TPSA) is 88.2 Å². The van der Waals surface area contributed by atoms with Gasteiger partial charge in [0.05, 0.1) is 10.5 Å². The van der Waals surface area contributed by atoms with Gasteiger partial charge in [-0.05, 0) is 54.1 Å². The van der Waals surface area contributed by atoms with Crippen molar-refractivity contribution in [3.8, 4) is 0 Å². The number of carbonyl (C=O) groups excluding carboxylic acids is 1. The fourth-order valence-electron chi connectivity index (χ4n) is 2.59. The average Bonchev–Trinajstić information content (AvgIpc) is 2.73. The summed E-state index contributed by atoms with van der Waals surface area (Å²) in [6, 6.07) is 14.9. The van der Waals surface area contributed by atoms with Crippen molar-refractivity contribution in [1.82, 2.24) is 4.98 Å². The standard InChI is InChI=1S/C21H16F3N3O3S/c22-21(23,24)18-6-2-1-5-15(18)8-13-20(28)26-16-9-11-17(12-10-16)31(29,30)27-19-7-3-4-14-25-19/h1-14H,(H,25,27)(H,26,28)/b13-8+. The number of anilines is 2. The zero-order valence-corrected chi connectivity index (χ0v) is 16.6. The number of alkyl halides is 3. The van der Waals surface area contributed by atoms with Gasteiger partial charge >= 0.3 is 6.18 Å². The van der Waals surface area contributed by atoms with E-state index in [4.69, 9.17) is 0 Å². The lowest BCUT2D eigenvalue weighted by atomic mass is 10.1. The van der Waals surface area contributed by atoms with Crippen LogP contribution in [0.25, 0.3) is 6.08 Å². The molecule has 0 fully saturated rings. The first kappa shape index (κ1) is 22.0. The number of sulfonamides is 1. The van der Waals surface area contributed by atoms with Crippen LogP contribution in [-0.4, -0.2) is 19.3 Å². The molecular formula is C21H16F3N3O3S. The fraction of sp³-hybridized carbons (Fsp3) is 0.0476. The SMILES string of the molecule is O=C(/C=C/c1ccccc1C(F)(F)F)Nc1ccc(S(=O)(=O)Nc2ccccn2)cc1. The second-order valence-electron chi connectivity index (χ2n) is 6.25. The van der Waals surface area contributed by atoms with Gasteiger partial charge < -0.3 is 5.32 Å². The predicted molar refractivity (Wildman–Crippen MR) is 111 cm³/mol. The Bertz CT molecular complexity index is 1190. The molecule has 0 saturated heterocycles. The Balaban J connectivity index is 1.68. The van der Waals surface area contributed by atoms with Gasteiger partial charge in [0.2, 0.25) is 5.91 Å². The zero-order valence-electron chi connectivity index (χ0n) is 15.8. The third-order valence-corrected chi connectivity index (χ3v) is 5.39. The molecule has 0 atom stereocenters. The molecule has 3 aromatic rings. The molecule has 31 heavy (non-hydrogen) atoms. The van der Waals surface area contributed by atoms with E-state index in [9.17, 15) is 26.4 Å². The third-order valence-electron chi connectivity index (χ3n) is 4.02. The lowest BCUT2D eigenvalue weighted by molar-refractivity contribution is -0.137. The molecule has 3 rings (SSSR count). The Labute approximate surface area is 176 Å². The summed E-state index contributed by atoms with van der Waals surface area (Å²) in [6.07, 6.45) is -1.06. The minimum atomic E-state index is -4.54. The van der Waals surface area contributed by atoms with Crippen LogP contribution in [0.3, 0.4) is 0 Å². The molecule has 0 saturated carbocycles. The number of aromatic nitrogens is 1. The summed E-state index contributed by atoms with van der Waals surface area (Å²) in [5, 5.41) is 2.46. The maximum atomic E-state index is 13.0. The van der Waals surface area contributed by atoms with Crippen molar-refractivity contribution in [3.05, 3.63) is 90.1 Å². The lowest BCUT2D eigenvalue weighted by Gasteiger charge is -2.10. The highest BCUT2D eigenvalue weighted by molar-refractivity contribution is 7.92. The van der Waals surface area contributed by atoms with Crippen molar-refractivity contribution < 1.29 is 26.4 Å². The quantitative estimate of drug-likeness (QED) is 0.543. The number of halogens is 3. The van der Waals surface area contributed by atoms with Crippen molar-refractivity contribution >= 4 is 33.5 Å². The molecule has 0 aliphatic carbocycles. The molecule has 0 aliphatic heterocycles. The Hall–Kier alpha value is -3.66. The van der Waals surface area contributed by atoms with Crippen molar-refractivity contribution in [1.29, 1.82) is 0 Å². The number of nitrogens with one attached hydrogen (secondary N) is 2. The van der Waals surface area contributed by atoms with E-state index in [1.54, 1.807) is 12.1 Å². The van der Waals surface area contributed by atoms with E-state index < -0.39 is 27.7 Å². The number of hydrogen-bond acceptors (Lipinski definition) is 4. The van der Waals surface area contributed by atoms with Gasteiger partial charge in [-0.1, -0.05) is 24.3 Å². The Morgan fingerprint density at radius 3 is 2.26 bits per heavy atom. The first-order valence-corrected chi connectivity index (χ1v) is 10.3. The van der Waals surface area contributed by atoms with Crippen LogP contribution in [0, 0.1) is 0 Å². The molecule has 0 unspecified atom stereocenters. The highest BCUT2D eigenvalue weighted by atomic mass is 32.2. The van der Waals surface area contributed by atoms with Gasteiger partial charge in [-0.15, -0.1) is 0 Å². The fourth-order valence-corrected chi connectivity index (χ4v) is 3.60. The summed E-state index contributed by atoms with van der Waals surface area (Å²) in [7, 11) is -3.87. The summed E-state index contributed by atoms with van der Waals surface area (Å²) in [4.78, 5) is 15.9. The summed E-state index contributed by atoms with van der Waals surface area (Å²) in [5.74, 6) is -0.511. The van der Waals surface area contributed by atoms with E-state index in [1.165, 1.54) is 54.7 Å². The summed E-state index contributed by atoms with van der Waals surface area (Å²) in [6.45, 7) is 0. The maximum Gasteiger partial charge on any atom is 0.416 e. The lowest BCUT2D eigenvalue weighted by Crippen LogP contribution is -2.14. The van der Waals surface area contributed by atoms with Crippen LogP contribution < -0.4 is 10.0 Å². The van der Waals surface area contributed by atoms with Gasteiger partial charge in [-0.2, -0.15) is 13.2 Å². The van der Waals surface area contributed by atoms with E-state index in [1.807, 2.05) is 0 Å². The first-order valence-electron chi connectivity index (χ1n) is 8.84. The number of benzene rings is 2. The molecule has 1 amide bonds. The van der Waals surface area contributed by atoms with Crippen LogP contribution in [0.4, 0.5) is 24.7 Å². The number of pyridine rings is 1. The zero-order chi connectivity index (χ0) is 22.5. The Morgan fingerprint density at radius 2 is 1.61 bits per heavy atom. The monoisotopic (exact) mass is 447 g/mol. The summed E-state index contributed by atoms with van der Waals surface area (Å²) in [5.41, 5.74) is -0.725. The van der Waals surface area contributed by atoms with Gasteiger partial charge in [0.1, 0.15) is 5.82 Å². The van der Waals surface area contributed by atoms with Gasteiger partial charge in [-0.25, -0.2) is 13.4 Å². The number of carbonyl (C=O) groups is 1. The van der Waals surface area contributed by atoms with Gasteiger partial charge in [0, 0.05) is 18.0 Å². The normalized spacial score (nSPS) is 12.0. The van der Waals surface area contributed by atoms with Crippen LogP contribution in [0.2, 0.25) is 0 Å². The number of hydrogen-bond donors (Lipinski definition) is 2. The molecular weight excluding hydrogens is 431 g/mol. The number of amides is 1. The molecule has 10 heteroatoms. The molecule has 0 radical (unpaired) electrons. The first-order chi connectivity index (χ1) is 14.6. The Morgan fingerprint density at radius 1 is 0.935 bits per heavy atom. The van der Waals surface area contributed by atoms with Crippen molar-refractivity contribution in [2.24, 2.45) is 0 Å². The van der Waals surface area contributed by atoms with E-state index in [0.29, 0.717) is 0 Å². The molecule has 1 heterocycles. The smallest absolute Gasteiger partial charge is 0.323 e. The minimum absolute atomic E-state index is 0.0502. The van der Waals surface area contributed by atoms with E-state index >= 15 is 0 Å². The molecule has 6 nitrogen and oxygen atoms in total. The number of rotatable bonds is 6. The van der Waals surface area contributed by atoms with Crippen LogP contribution in [0.5, 0.6) is 0 Å². The molecule has 160 valence electrons. The second-order valence-corrected chi connectivity index (χ2v) is 7.93. The van der Waals surface area contributed by atoms with Crippen molar-refractivity contribution in [2.75, 3.05) is 10.0 Å². The highest BCUT2D eigenvalue weighted by Crippen LogP contribution is 2.32. The molecule has 1 aromatic heterocycles. The third kappa shape index (κ3) is 5.92. The van der Waals surface area contributed by atoms with Crippen molar-refractivity contribution in [3.63, 3.8) is 0 Å². The van der Waals surface area contributed by atoms with Gasteiger partial charge in [0.15, 0.2) is 0 Å². The Kier molecular flexibility index (Phi) is 6.40. The average molecular weight is 447 g/mol. The molecule has 0 aliphatic rings. The van der Waals surface area contributed by atoms with E-state index in [-0.39, 0.29) is 22.0 Å². The van der Waals surface area contributed by atoms with Crippen LogP contribution in [-0.2, 0) is 21.0 Å². The van der Waals surface area contributed by atoms with Gasteiger partial charge in [0.25, 0.3) is 10.0 Å². The van der Waals surface area contributed by atoms with E-state index in [2.05, 4.69) is 15.0 Å². The minimum Gasteiger partial charge on any atom is -0.323 e. The molecule has 2 N–H and O–H groups in total. The van der Waals surface area contributed by atoms with Crippen LogP contribution in [0.1, 0.15) is 11.1 Å². The van der Waals surface area contributed by atoms with Gasteiger partial charge in [-0.3, -0.25) is 9.52 Å². The number of nitrogens with zero attached hydrogens (tertiary/aromatic N) is 1. The molecule has 2 aromatic carbocycles.